The van der Waals surface area contributed by atoms with Crippen molar-refractivity contribution in [3.05, 3.63) is 57.3 Å². The second kappa shape index (κ2) is 12.9. The Morgan fingerprint density at radius 2 is 1.88 bits per heavy atom. The van der Waals surface area contributed by atoms with Gasteiger partial charge in [-0.15, -0.1) is 11.3 Å². The van der Waals surface area contributed by atoms with Gasteiger partial charge < -0.3 is 19.9 Å². The fraction of sp³-hybridized carbons (Fsp3) is 0.538. The Balaban J connectivity index is 1.69. The van der Waals surface area contributed by atoms with Crippen LogP contribution in [0.5, 0.6) is 0 Å². The first-order valence-corrected chi connectivity index (χ1v) is 12.7. The van der Waals surface area contributed by atoms with E-state index in [1.54, 1.807) is 6.07 Å². The van der Waals surface area contributed by atoms with Gasteiger partial charge in [-0.25, -0.2) is 4.79 Å². The molecule has 2 N–H and O–H groups in total. The summed E-state index contributed by atoms with van der Waals surface area (Å²) in [5, 5.41) is 11.9. The van der Waals surface area contributed by atoms with Crippen LogP contribution in [0.3, 0.4) is 0 Å². The summed E-state index contributed by atoms with van der Waals surface area (Å²) in [6.45, 7) is 4.36. The van der Waals surface area contributed by atoms with Crippen LogP contribution >= 0.6 is 11.3 Å². The van der Waals surface area contributed by atoms with Crippen molar-refractivity contribution in [2.75, 3.05) is 13.2 Å². The van der Waals surface area contributed by atoms with Crippen LogP contribution in [-0.2, 0) is 20.7 Å². The number of thiophene rings is 1. The van der Waals surface area contributed by atoms with Crippen molar-refractivity contribution in [1.82, 2.24) is 5.32 Å². The molecule has 1 aromatic carbocycles. The summed E-state index contributed by atoms with van der Waals surface area (Å²) in [5.74, 6) is -0.252. The van der Waals surface area contributed by atoms with E-state index in [1.165, 1.54) is 16.9 Å². The first-order valence-electron chi connectivity index (χ1n) is 11.9. The molecule has 1 saturated heterocycles. The standard InChI is InChI=1S/C26H35NO5S/c1-18(2)32-26(30)23-14-13-22(33-23)25(31-17-21-12-15-24(29)27-21)20-10-8-19(9-11-20)7-5-3-4-6-16-28/h8-11,13-14,18,21,25,28H,3-7,12,15-17H2,1-2H3,(H,27,29)/t21-,25?/m0/s1. The van der Waals surface area contributed by atoms with E-state index in [2.05, 4.69) is 29.6 Å². The number of ether oxygens (including phenoxy) is 2. The van der Waals surface area contributed by atoms with Crippen molar-refractivity contribution in [2.45, 2.75) is 77.0 Å². The van der Waals surface area contributed by atoms with Crippen molar-refractivity contribution in [3.8, 4) is 0 Å². The summed E-state index contributed by atoms with van der Waals surface area (Å²) in [4.78, 5) is 25.4. The number of aliphatic hydroxyl groups is 1. The van der Waals surface area contributed by atoms with Gasteiger partial charge in [-0.3, -0.25) is 4.79 Å². The van der Waals surface area contributed by atoms with Gasteiger partial charge in [0.15, 0.2) is 0 Å². The zero-order valence-corrected chi connectivity index (χ0v) is 20.4. The molecule has 0 spiro atoms. The van der Waals surface area contributed by atoms with E-state index in [4.69, 9.17) is 14.6 Å². The molecule has 0 radical (unpaired) electrons. The second-order valence-electron chi connectivity index (χ2n) is 8.80. The smallest absolute Gasteiger partial charge is 0.348 e. The van der Waals surface area contributed by atoms with Gasteiger partial charge in [-0.05, 0) is 62.8 Å². The van der Waals surface area contributed by atoms with Crippen molar-refractivity contribution in [1.29, 1.82) is 0 Å². The largest absolute Gasteiger partial charge is 0.459 e. The number of rotatable bonds is 13. The Labute approximate surface area is 200 Å². The quantitative estimate of drug-likeness (QED) is 0.323. The van der Waals surface area contributed by atoms with Gasteiger partial charge in [0, 0.05) is 17.9 Å². The molecule has 0 aliphatic carbocycles. The van der Waals surface area contributed by atoms with Crippen LogP contribution in [0.25, 0.3) is 0 Å². The number of esters is 1. The maximum absolute atomic E-state index is 12.3. The molecule has 7 heteroatoms. The second-order valence-corrected chi connectivity index (χ2v) is 9.92. The van der Waals surface area contributed by atoms with Gasteiger partial charge in [-0.2, -0.15) is 0 Å². The summed E-state index contributed by atoms with van der Waals surface area (Å²) in [6, 6.07) is 12.2. The van der Waals surface area contributed by atoms with Gasteiger partial charge in [0.1, 0.15) is 11.0 Å². The minimum atomic E-state index is -0.320. The van der Waals surface area contributed by atoms with Crippen LogP contribution in [-0.4, -0.2) is 42.3 Å². The predicted molar refractivity (Wildman–Crippen MR) is 130 cm³/mol. The van der Waals surface area contributed by atoms with Crippen LogP contribution in [0, 0.1) is 0 Å². The van der Waals surface area contributed by atoms with Crippen LogP contribution in [0.15, 0.2) is 36.4 Å². The molecule has 0 bridgehead atoms. The fourth-order valence-corrected chi connectivity index (χ4v) is 4.86. The maximum Gasteiger partial charge on any atom is 0.348 e. The number of hydrogen-bond donors (Lipinski definition) is 2. The zero-order valence-electron chi connectivity index (χ0n) is 19.5. The monoisotopic (exact) mass is 473 g/mol. The van der Waals surface area contributed by atoms with E-state index in [9.17, 15) is 9.59 Å². The molecule has 3 rings (SSSR count). The molecular weight excluding hydrogens is 438 g/mol. The Hall–Kier alpha value is -2.22. The van der Waals surface area contributed by atoms with Gasteiger partial charge >= 0.3 is 5.97 Å². The van der Waals surface area contributed by atoms with Crippen molar-refractivity contribution in [3.63, 3.8) is 0 Å². The molecule has 1 aromatic heterocycles. The first kappa shape index (κ1) is 25.4. The van der Waals surface area contributed by atoms with E-state index in [1.807, 2.05) is 19.9 Å². The first-order chi connectivity index (χ1) is 16.0. The van der Waals surface area contributed by atoms with E-state index in [0.717, 1.165) is 49.0 Å². The normalized spacial score (nSPS) is 16.7. The summed E-state index contributed by atoms with van der Waals surface area (Å²) >= 11 is 1.39. The molecule has 1 amide bonds. The van der Waals surface area contributed by atoms with Gasteiger partial charge in [-0.1, -0.05) is 37.1 Å². The summed E-state index contributed by atoms with van der Waals surface area (Å²) < 4.78 is 11.6. The van der Waals surface area contributed by atoms with Crippen molar-refractivity contribution in [2.24, 2.45) is 0 Å². The van der Waals surface area contributed by atoms with Crippen LogP contribution in [0.1, 0.15) is 84.2 Å². The molecule has 6 nitrogen and oxygen atoms in total. The highest BCUT2D eigenvalue weighted by Gasteiger charge is 2.25. The number of aryl methyl sites for hydroxylation is 1. The minimum absolute atomic E-state index is 0.0172. The minimum Gasteiger partial charge on any atom is -0.459 e. The Morgan fingerprint density at radius 1 is 1.12 bits per heavy atom. The Morgan fingerprint density at radius 3 is 2.55 bits per heavy atom. The summed E-state index contributed by atoms with van der Waals surface area (Å²) in [5.41, 5.74) is 2.30. The van der Waals surface area contributed by atoms with Gasteiger partial charge in [0.2, 0.25) is 5.91 Å². The topological polar surface area (TPSA) is 84.9 Å². The van der Waals surface area contributed by atoms with Crippen molar-refractivity contribution >= 4 is 23.2 Å². The Bertz CT molecular complexity index is 892. The lowest BCUT2D eigenvalue weighted by Crippen LogP contribution is -2.30. The van der Waals surface area contributed by atoms with Gasteiger partial charge in [0.05, 0.1) is 18.8 Å². The molecule has 1 aliphatic heterocycles. The van der Waals surface area contributed by atoms with E-state index in [0.29, 0.717) is 17.9 Å². The third-order valence-electron chi connectivity index (χ3n) is 5.63. The average Bonchev–Trinajstić information content (AvgIpc) is 3.44. The SMILES string of the molecule is CC(C)OC(=O)c1ccc(C(OC[C@@H]2CCC(=O)N2)c2ccc(CCCCCCO)cc2)s1. The lowest BCUT2D eigenvalue weighted by atomic mass is 10.0. The molecular formula is C26H35NO5S. The summed E-state index contributed by atoms with van der Waals surface area (Å²) in [7, 11) is 0. The number of amides is 1. The fourth-order valence-electron chi connectivity index (χ4n) is 3.89. The van der Waals surface area contributed by atoms with Crippen LogP contribution < -0.4 is 5.32 Å². The highest BCUT2D eigenvalue weighted by atomic mass is 32.1. The summed E-state index contributed by atoms with van der Waals surface area (Å²) in [6.07, 6.45) is 5.99. The lowest BCUT2D eigenvalue weighted by molar-refractivity contribution is -0.119. The number of benzene rings is 1. The molecule has 2 atom stereocenters. The number of carbonyl (C=O) groups excluding carboxylic acids is 2. The van der Waals surface area contributed by atoms with E-state index in [-0.39, 0.29) is 36.7 Å². The number of hydrogen-bond acceptors (Lipinski definition) is 6. The molecule has 180 valence electrons. The highest BCUT2D eigenvalue weighted by molar-refractivity contribution is 7.14. The van der Waals surface area contributed by atoms with Crippen LogP contribution in [0.2, 0.25) is 0 Å². The molecule has 33 heavy (non-hydrogen) atoms. The van der Waals surface area contributed by atoms with E-state index >= 15 is 0 Å². The van der Waals surface area contributed by atoms with Crippen LogP contribution in [0.4, 0.5) is 0 Å². The average molecular weight is 474 g/mol. The number of aliphatic hydroxyl groups excluding tert-OH is 1. The maximum atomic E-state index is 12.3. The zero-order chi connectivity index (χ0) is 23.6. The van der Waals surface area contributed by atoms with Crippen molar-refractivity contribution < 1.29 is 24.2 Å². The van der Waals surface area contributed by atoms with E-state index < -0.39 is 0 Å². The predicted octanol–water partition coefficient (Wildman–Crippen LogP) is 4.79. The highest BCUT2D eigenvalue weighted by Crippen LogP contribution is 2.33. The molecule has 2 heterocycles. The third-order valence-corrected chi connectivity index (χ3v) is 6.74. The number of unbranched alkanes of at least 4 members (excludes halogenated alkanes) is 3. The molecule has 1 unspecified atom stereocenters. The number of carbonyl (C=O) groups is 2. The third kappa shape index (κ3) is 7.95. The molecule has 1 aliphatic rings. The molecule has 0 saturated carbocycles. The molecule has 1 fully saturated rings. The lowest BCUT2D eigenvalue weighted by Gasteiger charge is -2.20. The Kier molecular flexibility index (Phi) is 9.91. The molecule has 2 aromatic rings. The number of nitrogens with one attached hydrogen (secondary N) is 1. The van der Waals surface area contributed by atoms with Gasteiger partial charge in [0.25, 0.3) is 0 Å².